The van der Waals surface area contributed by atoms with Crippen LogP contribution in [0.5, 0.6) is 6.01 Å². The van der Waals surface area contributed by atoms with Crippen molar-refractivity contribution in [3.05, 3.63) is 41.0 Å². The highest BCUT2D eigenvalue weighted by Crippen LogP contribution is 2.49. The topological polar surface area (TPSA) is 112 Å². The Morgan fingerprint density at radius 1 is 1.22 bits per heavy atom. The largest absolute Gasteiger partial charge is 0.461 e. The highest BCUT2D eigenvalue weighted by atomic mass is 32.1. The smallest absolute Gasteiger partial charge is 0.417 e. The van der Waals surface area contributed by atoms with Crippen LogP contribution in [0.25, 0.3) is 32.1 Å². The molecule has 4 atom stereocenters. The second-order valence-electron chi connectivity index (χ2n) is 13.6. The quantitative estimate of drug-likeness (QED) is 0.228. The van der Waals surface area contributed by atoms with Crippen molar-refractivity contribution in [3.8, 4) is 23.2 Å². The van der Waals surface area contributed by atoms with Crippen LogP contribution in [0.2, 0.25) is 0 Å². The lowest BCUT2D eigenvalue weighted by Gasteiger charge is -2.32. The number of nitrogens with zero attached hydrogens (tertiary/aromatic N) is 6. The van der Waals surface area contributed by atoms with E-state index in [1.54, 1.807) is 16.8 Å². The molecule has 0 radical (unpaired) electrons. The monoisotopic (exact) mass is 715 g/mol. The van der Waals surface area contributed by atoms with Crippen LogP contribution in [0.3, 0.4) is 0 Å². The molecule has 16 heteroatoms. The van der Waals surface area contributed by atoms with E-state index in [4.69, 9.17) is 10.5 Å². The molecule has 4 saturated heterocycles. The molecule has 0 bridgehead atoms. The van der Waals surface area contributed by atoms with Gasteiger partial charge in [0.25, 0.3) is 0 Å². The molecule has 4 aliphatic heterocycles. The number of fused-ring (bicyclic) bond motifs is 4. The van der Waals surface area contributed by atoms with Crippen molar-refractivity contribution in [2.24, 2.45) is 0 Å². The zero-order valence-electron chi connectivity index (χ0n) is 26.8. The van der Waals surface area contributed by atoms with Crippen molar-refractivity contribution in [2.45, 2.75) is 68.5 Å². The molecule has 6 heterocycles. The number of ether oxygens (including phenoxy) is 1. The summed E-state index contributed by atoms with van der Waals surface area (Å²) in [6.45, 7) is 1.49. The molecule has 2 aromatic heterocycles. The van der Waals surface area contributed by atoms with E-state index in [-0.39, 0.29) is 81.4 Å². The minimum atomic E-state index is -5.12. The van der Waals surface area contributed by atoms with Gasteiger partial charge in [-0.05, 0) is 49.9 Å². The Kier molecular flexibility index (Phi) is 7.61. The molecule has 4 aliphatic rings. The predicted molar refractivity (Wildman–Crippen MR) is 174 cm³/mol. The van der Waals surface area contributed by atoms with Crippen molar-refractivity contribution in [2.75, 3.05) is 43.9 Å². The van der Waals surface area contributed by atoms with Crippen LogP contribution in [0, 0.1) is 23.0 Å². The van der Waals surface area contributed by atoms with Crippen LogP contribution in [0.1, 0.15) is 49.7 Å². The summed E-state index contributed by atoms with van der Waals surface area (Å²) in [6.07, 6.45) is -2.89. The fourth-order valence-electron chi connectivity index (χ4n) is 8.65. The zero-order chi connectivity index (χ0) is 35.3. The van der Waals surface area contributed by atoms with E-state index < -0.39 is 52.2 Å². The minimum Gasteiger partial charge on any atom is -0.461 e. The fourth-order valence-corrected chi connectivity index (χ4v) is 9.60. The van der Waals surface area contributed by atoms with Crippen LogP contribution in [-0.4, -0.2) is 82.8 Å². The Morgan fingerprint density at radius 2 is 2.02 bits per heavy atom. The van der Waals surface area contributed by atoms with E-state index in [0.717, 1.165) is 31.0 Å². The van der Waals surface area contributed by atoms with Crippen LogP contribution in [0.4, 0.5) is 37.2 Å². The first kappa shape index (κ1) is 32.8. The Bertz CT molecular complexity index is 2120. The number of alkyl halides is 4. The van der Waals surface area contributed by atoms with Crippen LogP contribution in [-0.2, 0) is 11.0 Å². The van der Waals surface area contributed by atoms with Gasteiger partial charge in [-0.3, -0.25) is 9.69 Å². The van der Waals surface area contributed by atoms with Gasteiger partial charge in [-0.25, -0.2) is 13.2 Å². The highest BCUT2D eigenvalue weighted by molar-refractivity contribution is 7.23. The summed E-state index contributed by atoms with van der Waals surface area (Å²) in [5, 5.41) is 9.19. The Labute approximate surface area is 286 Å². The number of nitriles is 1. The van der Waals surface area contributed by atoms with Gasteiger partial charge in [0.2, 0.25) is 5.91 Å². The molecule has 0 aliphatic carbocycles. The van der Waals surface area contributed by atoms with Gasteiger partial charge < -0.3 is 20.3 Å². The normalized spacial score (nSPS) is 25.1. The Hall–Kier alpha value is -4.36. The molecule has 4 aromatic rings. The number of hydrogen-bond donors (Lipinski definition) is 1. The molecule has 9 nitrogen and oxygen atoms in total. The third kappa shape index (κ3) is 4.95. The van der Waals surface area contributed by atoms with Gasteiger partial charge in [0.15, 0.2) is 5.82 Å². The number of thiophene rings is 1. The Balaban J connectivity index is 1.35. The molecule has 8 rings (SSSR count). The maximum absolute atomic E-state index is 17.1. The first-order valence-corrected chi connectivity index (χ1v) is 17.2. The van der Waals surface area contributed by atoms with Gasteiger partial charge in [-0.1, -0.05) is 6.07 Å². The number of anilines is 2. The lowest BCUT2D eigenvalue weighted by molar-refractivity contribution is -0.137. The standard InChI is InChI=1S/C34H31F6N7O2S/c1-45(23-11-24(48)47-9-2-4-22(23)47)31-18-10-20(34(38,39)40)26(17-5-6-21(36)29-25(17)19(13-41)30(42)50-29)27(37)28(18)43-32(44-31)49-15-33-7-3-8-46(33)14-16(35)12-33/h5-6,10,16,22-23H,2-4,7-9,11-12,14-15,42H2,1H3/t16-,22-,23-,33+/m1/s1. The molecule has 0 saturated carbocycles. The van der Waals surface area contributed by atoms with E-state index in [9.17, 15) is 18.8 Å². The number of hydrogen-bond acceptors (Lipinski definition) is 9. The molecular formula is C34H31F6N7O2S. The van der Waals surface area contributed by atoms with Crippen molar-refractivity contribution in [3.63, 3.8) is 0 Å². The molecule has 2 aromatic carbocycles. The number of nitrogen functional groups attached to an aromatic ring is 1. The van der Waals surface area contributed by atoms with Crippen LogP contribution < -0.4 is 15.4 Å². The van der Waals surface area contributed by atoms with Gasteiger partial charge in [-0.15, -0.1) is 11.3 Å². The highest BCUT2D eigenvalue weighted by Gasteiger charge is 2.50. The molecule has 2 N–H and O–H groups in total. The number of aromatic nitrogens is 2. The second kappa shape index (κ2) is 11.6. The summed E-state index contributed by atoms with van der Waals surface area (Å²) < 4.78 is 97.5. The summed E-state index contributed by atoms with van der Waals surface area (Å²) in [4.78, 5) is 27.1. The summed E-state index contributed by atoms with van der Waals surface area (Å²) in [6, 6.07) is 3.48. The molecule has 0 unspecified atom stereocenters. The number of halogens is 6. The van der Waals surface area contributed by atoms with Gasteiger partial charge in [-0.2, -0.15) is 28.4 Å². The number of amides is 1. The van der Waals surface area contributed by atoms with Crippen molar-refractivity contribution >= 4 is 49.1 Å². The van der Waals surface area contributed by atoms with Crippen LogP contribution >= 0.6 is 11.3 Å². The van der Waals surface area contributed by atoms with Gasteiger partial charge in [0, 0.05) is 49.3 Å². The number of carbonyl (C=O) groups excluding carboxylic acids is 1. The number of benzene rings is 2. The summed E-state index contributed by atoms with van der Waals surface area (Å²) in [7, 11) is 1.60. The maximum atomic E-state index is 17.1. The van der Waals surface area contributed by atoms with Crippen LogP contribution in [0.15, 0.2) is 18.2 Å². The average Bonchev–Trinajstić information content (AvgIpc) is 3.88. The molecule has 262 valence electrons. The third-order valence-corrected chi connectivity index (χ3v) is 11.9. The Morgan fingerprint density at radius 3 is 2.78 bits per heavy atom. The van der Waals surface area contributed by atoms with E-state index >= 15 is 17.6 Å². The number of carbonyl (C=O) groups is 1. The summed E-state index contributed by atoms with van der Waals surface area (Å²) >= 11 is 0.680. The van der Waals surface area contributed by atoms with E-state index in [1.165, 1.54) is 0 Å². The maximum Gasteiger partial charge on any atom is 0.417 e. The first-order chi connectivity index (χ1) is 23.8. The van der Waals surface area contributed by atoms with Crippen molar-refractivity contribution in [1.82, 2.24) is 19.8 Å². The zero-order valence-corrected chi connectivity index (χ0v) is 27.6. The molecular weight excluding hydrogens is 684 g/mol. The summed E-state index contributed by atoms with van der Waals surface area (Å²) in [5.41, 5.74) is 1.87. The first-order valence-electron chi connectivity index (χ1n) is 16.4. The van der Waals surface area contributed by atoms with Crippen molar-refractivity contribution in [1.29, 1.82) is 5.26 Å². The SMILES string of the molecule is CN(c1nc(OC[C@@]23CCCN2C[C@H](F)C3)nc2c(F)c(-c3ccc(F)c4sc(N)c(C#N)c34)c(C(F)(F)F)cc12)[C@@H]1CC(=O)N2CCC[C@H]12. The predicted octanol–water partition coefficient (Wildman–Crippen LogP) is 6.42. The van der Waals surface area contributed by atoms with Gasteiger partial charge >= 0.3 is 12.2 Å². The molecule has 4 fully saturated rings. The van der Waals surface area contributed by atoms with E-state index in [2.05, 4.69) is 9.97 Å². The van der Waals surface area contributed by atoms with Gasteiger partial charge in [0.05, 0.1) is 33.4 Å². The lowest BCUT2D eigenvalue weighted by atomic mass is 9.92. The van der Waals surface area contributed by atoms with Crippen molar-refractivity contribution < 1.29 is 35.9 Å². The molecule has 50 heavy (non-hydrogen) atoms. The fraction of sp³-hybridized carbons (Fsp3) is 0.471. The minimum absolute atomic E-state index is 0.0200. The van der Waals surface area contributed by atoms with E-state index in [1.807, 2.05) is 11.0 Å². The average molecular weight is 716 g/mol. The number of rotatable bonds is 6. The second-order valence-corrected chi connectivity index (χ2v) is 14.7. The number of nitrogens with two attached hydrogens (primary N) is 1. The third-order valence-electron chi connectivity index (χ3n) is 10.9. The van der Waals surface area contributed by atoms with Gasteiger partial charge in [0.1, 0.15) is 41.0 Å². The number of likely N-dealkylation sites (N-methyl/N-ethyl adjacent to an activating group) is 1. The molecule has 0 spiro atoms. The van der Waals surface area contributed by atoms with E-state index in [0.29, 0.717) is 37.3 Å². The summed E-state index contributed by atoms with van der Waals surface area (Å²) in [5.74, 6) is -2.36. The lowest BCUT2D eigenvalue weighted by Crippen LogP contribution is -2.43. The molecule has 1 amide bonds.